The maximum atomic E-state index is 11.7. The highest BCUT2D eigenvalue weighted by Gasteiger charge is 2.04. The predicted molar refractivity (Wildman–Crippen MR) is 74.9 cm³/mol. The molecule has 2 rings (SSSR count). The van der Waals surface area contributed by atoms with Crippen LogP contribution in [-0.4, -0.2) is 15.8 Å². The molecule has 2 aromatic rings. The Morgan fingerprint density at radius 3 is 2.53 bits per heavy atom. The summed E-state index contributed by atoms with van der Waals surface area (Å²) in [7, 11) is 0. The van der Waals surface area contributed by atoms with Gasteiger partial charge < -0.3 is 16.4 Å². The van der Waals surface area contributed by atoms with Crippen LogP contribution >= 0.6 is 0 Å². The standard InChI is InChI=1S/C13H17N5O/c1-2-18-9-12(8-15-18)17-13(19)16-11-5-3-10(7-14)4-6-11/h3-6,8-9H,2,7,14H2,1H3,(H2,16,17,19). The number of rotatable bonds is 4. The van der Waals surface area contributed by atoms with Crippen LogP contribution in [0.4, 0.5) is 16.2 Å². The van der Waals surface area contributed by atoms with Crippen molar-refractivity contribution in [2.45, 2.75) is 20.0 Å². The number of amides is 2. The first-order chi connectivity index (χ1) is 9.21. The maximum Gasteiger partial charge on any atom is 0.323 e. The van der Waals surface area contributed by atoms with Crippen molar-refractivity contribution in [2.24, 2.45) is 5.73 Å². The van der Waals surface area contributed by atoms with E-state index in [2.05, 4.69) is 15.7 Å². The number of nitrogens with one attached hydrogen (secondary N) is 2. The number of urea groups is 1. The smallest absolute Gasteiger partial charge is 0.323 e. The number of aromatic nitrogens is 2. The van der Waals surface area contributed by atoms with Gasteiger partial charge in [-0.25, -0.2) is 4.79 Å². The molecule has 1 aromatic heterocycles. The SMILES string of the molecule is CCn1cc(NC(=O)Nc2ccc(CN)cc2)cn1. The van der Waals surface area contributed by atoms with E-state index in [-0.39, 0.29) is 6.03 Å². The van der Waals surface area contributed by atoms with Gasteiger partial charge in [-0.3, -0.25) is 4.68 Å². The van der Waals surface area contributed by atoms with E-state index in [1.165, 1.54) is 0 Å². The lowest BCUT2D eigenvalue weighted by molar-refractivity contribution is 0.262. The summed E-state index contributed by atoms with van der Waals surface area (Å²) in [6, 6.07) is 7.10. The third kappa shape index (κ3) is 3.56. The van der Waals surface area contributed by atoms with Gasteiger partial charge in [0.15, 0.2) is 0 Å². The third-order valence-corrected chi connectivity index (χ3v) is 2.66. The summed E-state index contributed by atoms with van der Waals surface area (Å²) in [5.74, 6) is 0. The van der Waals surface area contributed by atoms with Gasteiger partial charge in [-0.2, -0.15) is 5.10 Å². The molecule has 4 N–H and O–H groups in total. The molecule has 2 amide bonds. The molecule has 0 bridgehead atoms. The molecular weight excluding hydrogens is 242 g/mol. The Kier molecular flexibility index (Phi) is 4.15. The van der Waals surface area contributed by atoms with Crippen LogP contribution in [-0.2, 0) is 13.1 Å². The van der Waals surface area contributed by atoms with Gasteiger partial charge in [0.1, 0.15) is 0 Å². The molecule has 6 nitrogen and oxygen atoms in total. The fourth-order valence-electron chi connectivity index (χ4n) is 1.62. The molecule has 0 fully saturated rings. The Hall–Kier alpha value is -2.34. The summed E-state index contributed by atoms with van der Waals surface area (Å²) in [6.07, 6.45) is 3.39. The van der Waals surface area contributed by atoms with Crippen LogP contribution < -0.4 is 16.4 Å². The number of hydrogen-bond acceptors (Lipinski definition) is 3. The number of hydrogen-bond donors (Lipinski definition) is 3. The van der Waals surface area contributed by atoms with Crippen molar-refractivity contribution in [3.8, 4) is 0 Å². The second-order valence-corrected chi connectivity index (χ2v) is 4.06. The molecule has 0 aliphatic heterocycles. The van der Waals surface area contributed by atoms with E-state index in [9.17, 15) is 4.79 Å². The average Bonchev–Trinajstić information content (AvgIpc) is 2.87. The molecule has 0 aliphatic rings. The van der Waals surface area contributed by atoms with E-state index in [1.807, 2.05) is 31.2 Å². The van der Waals surface area contributed by atoms with Crippen molar-refractivity contribution in [2.75, 3.05) is 10.6 Å². The zero-order chi connectivity index (χ0) is 13.7. The minimum absolute atomic E-state index is 0.295. The zero-order valence-electron chi connectivity index (χ0n) is 10.8. The molecule has 0 unspecified atom stereocenters. The first-order valence-electron chi connectivity index (χ1n) is 6.10. The number of benzene rings is 1. The Morgan fingerprint density at radius 1 is 1.26 bits per heavy atom. The summed E-state index contributed by atoms with van der Waals surface area (Å²) in [5, 5.41) is 9.53. The van der Waals surface area contributed by atoms with Crippen molar-refractivity contribution in [3.63, 3.8) is 0 Å². The van der Waals surface area contributed by atoms with Crippen LogP contribution in [0.2, 0.25) is 0 Å². The maximum absolute atomic E-state index is 11.7. The van der Waals surface area contributed by atoms with Gasteiger partial charge in [-0.1, -0.05) is 12.1 Å². The van der Waals surface area contributed by atoms with Crippen LogP contribution in [0, 0.1) is 0 Å². The molecule has 0 saturated heterocycles. The molecule has 1 aromatic carbocycles. The molecule has 0 aliphatic carbocycles. The summed E-state index contributed by atoms with van der Waals surface area (Å²) < 4.78 is 1.74. The number of nitrogens with two attached hydrogens (primary N) is 1. The van der Waals surface area contributed by atoms with Gasteiger partial charge >= 0.3 is 6.03 Å². The number of carbonyl (C=O) groups is 1. The van der Waals surface area contributed by atoms with Crippen LogP contribution in [0.5, 0.6) is 0 Å². The minimum atomic E-state index is -0.295. The Morgan fingerprint density at radius 2 is 1.95 bits per heavy atom. The highest BCUT2D eigenvalue weighted by atomic mass is 16.2. The molecule has 0 spiro atoms. The summed E-state index contributed by atoms with van der Waals surface area (Å²) in [4.78, 5) is 11.7. The van der Waals surface area contributed by atoms with E-state index in [0.717, 1.165) is 17.8 Å². The van der Waals surface area contributed by atoms with Gasteiger partial charge in [-0.05, 0) is 24.6 Å². The lowest BCUT2D eigenvalue weighted by atomic mass is 10.2. The van der Waals surface area contributed by atoms with Crippen LogP contribution in [0.1, 0.15) is 12.5 Å². The Balaban J connectivity index is 1.93. The molecular formula is C13H17N5O. The van der Waals surface area contributed by atoms with Crippen molar-refractivity contribution in [1.82, 2.24) is 9.78 Å². The van der Waals surface area contributed by atoms with Crippen LogP contribution in [0.15, 0.2) is 36.7 Å². The predicted octanol–water partition coefficient (Wildman–Crippen LogP) is 2.01. The normalized spacial score (nSPS) is 10.2. The zero-order valence-corrected chi connectivity index (χ0v) is 10.8. The van der Waals surface area contributed by atoms with E-state index in [4.69, 9.17) is 5.73 Å². The molecule has 6 heteroatoms. The van der Waals surface area contributed by atoms with Crippen molar-refractivity contribution < 1.29 is 4.79 Å². The highest BCUT2D eigenvalue weighted by Crippen LogP contribution is 2.10. The molecule has 0 saturated carbocycles. The second-order valence-electron chi connectivity index (χ2n) is 4.06. The number of nitrogens with zero attached hydrogens (tertiary/aromatic N) is 2. The number of carbonyl (C=O) groups excluding carboxylic acids is 1. The van der Waals surface area contributed by atoms with E-state index in [0.29, 0.717) is 12.2 Å². The lowest BCUT2D eigenvalue weighted by Gasteiger charge is -2.06. The Bertz CT molecular complexity index is 546. The van der Waals surface area contributed by atoms with Crippen molar-refractivity contribution in [1.29, 1.82) is 0 Å². The van der Waals surface area contributed by atoms with E-state index < -0.39 is 0 Å². The van der Waals surface area contributed by atoms with Gasteiger partial charge in [-0.15, -0.1) is 0 Å². The van der Waals surface area contributed by atoms with Crippen LogP contribution in [0.3, 0.4) is 0 Å². The van der Waals surface area contributed by atoms with Crippen molar-refractivity contribution >= 4 is 17.4 Å². The Labute approximate surface area is 111 Å². The third-order valence-electron chi connectivity index (χ3n) is 2.66. The quantitative estimate of drug-likeness (QED) is 0.785. The molecule has 0 radical (unpaired) electrons. The highest BCUT2D eigenvalue weighted by molar-refractivity contribution is 5.99. The average molecular weight is 259 g/mol. The van der Waals surface area contributed by atoms with E-state index in [1.54, 1.807) is 17.1 Å². The number of aryl methyl sites for hydroxylation is 1. The second kappa shape index (κ2) is 6.01. The first kappa shape index (κ1) is 13.1. The lowest BCUT2D eigenvalue weighted by Crippen LogP contribution is -2.19. The first-order valence-corrected chi connectivity index (χ1v) is 6.10. The van der Waals surface area contributed by atoms with E-state index >= 15 is 0 Å². The monoisotopic (exact) mass is 259 g/mol. The fourth-order valence-corrected chi connectivity index (χ4v) is 1.62. The summed E-state index contributed by atoms with van der Waals surface area (Å²) in [6.45, 7) is 3.24. The summed E-state index contributed by atoms with van der Waals surface area (Å²) >= 11 is 0. The molecule has 19 heavy (non-hydrogen) atoms. The number of anilines is 2. The van der Waals surface area contributed by atoms with Gasteiger partial charge in [0, 0.05) is 25.0 Å². The topological polar surface area (TPSA) is 85.0 Å². The van der Waals surface area contributed by atoms with Gasteiger partial charge in [0.25, 0.3) is 0 Å². The van der Waals surface area contributed by atoms with Crippen LogP contribution in [0.25, 0.3) is 0 Å². The van der Waals surface area contributed by atoms with Gasteiger partial charge in [0.05, 0.1) is 11.9 Å². The molecule has 100 valence electrons. The van der Waals surface area contributed by atoms with Gasteiger partial charge in [0.2, 0.25) is 0 Å². The molecule has 1 heterocycles. The fraction of sp³-hybridized carbons (Fsp3) is 0.231. The largest absolute Gasteiger partial charge is 0.326 e. The summed E-state index contributed by atoms with van der Waals surface area (Å²) in [5.41, 5.74) is 7.92. The minimum Gasteiger partial charge on any atom is -0.326 e. The molecule has 0 atom stereocenters. The van der Waals surface area contributed by atoms with Crippen molar-refractivity contribution in [3.05, 3.63) is 42.2 Å².